The number of nitrogens with zero attached hydrogens (tertiary/aromatic N) is 2. The van der Waals surface area contributed by atoms with E-state index in [2.05, 4.69) is 27.0 Å². The van der Waals surface area contributed by atoms with E-state index in [1.54, 1.807) is 6.07 Å². The van der Waals surface area contributed by atoms with Crippen molar-refractivity contribution < 1.29 is 4.39 Å². The van der Waals surface area contributed by atoms with Gasteiger partial charge in [0.05, 0.1) is 27.1 Å². The Morgan fingerprint density at radius 2 is 2.00 bits per heavy atom. The quantitative estimate of drug-likeness (QED) is 0.563. The zero-order chi connectivity index (χ0) is 15.1. The molecule has 2 nitrogen and oxygen atoms in total. The molecule has 0 atom stereocenters. The molecular weight excluding hydrogens is 355 g/mol. The van der Waals surface area contributed by atoms with Crippen molar-refractivity contribution in [2.45, 2.75) is 19.7 Å². The van der Waals surface area contributed by atoms with Crippen LogP contribution in [-0.2, 0) is 5.88 Å². The van der Waals surface area contributed by atoms with Crippen LogP contribution in [0.2, 0.25) is 0 Å². The van der Waals surface area contributed by atoms with Crippen LogP contribution in [0.15, 0.2) is 34.8 Å². The topological polar surface area (TPSA) is 17.8 Å². The highest BCUT2D eigenvalue weighted by molar-refractivity contribution is 9.10. The molecule has 0 aliphatic heterocycles. The third-order valence-corrected chi connectivity index (χ3v) is 4.33. The number of alkyl halides is 1. The van der Waals surface area contributed by atoms with E-state index in [0.29, 0.717) is 10.3 Å². The van der Waals surface area contributed by atoms with Crippen molar-refractivity contribution in [3.05, 3.63) is 57.6 Å². The molecule has 0 radical (unpaired) electrons. The number of aromatic nitrogens is 2. The normalized spacial score (nSPS) is 11.3. The van der Waals surface area contributed by atoms with Gasteiger partial charge in [0.1, 0.15) is 11.6 Å². The van der Waals surface area contributed by atoms with Gasteiger partial charge in [0, 0.05) is 6.07 Å². The number of imidazole rings is 1. The van der Waals surface area contributed by atoms with Crippen LogP contribution in [0, 0.1) is 19.7 Å². The molecule has 3 aromatic rings. The fourth-order valence-corrected chi connectivity index (χ4v) is 3.05. The molecule has 5 heteroatoms. The third-order valence-electron chi connectivity index (χ3n) is 3.48. The fraction of sp³-hybridized carbons (Fsp3) is 0.188. The molecule has 108 valence electrons. The molecule has 0 spiro atoms. The lowest BCUT2D eigenvalue weighted by Crippen LogP contribution is -2.02. The Morgan fingerprint density at radius 3 is 2.67 bits per heavy atom. The van der Waals surface area contributed by atoms with E-state index in [9.17, 15) is 4.39 Å². The van der Waals surface area contributed by atoms with Gasteiger partial charge >= 0.3 is 0 Å². The van der Waals surface area contributed by atoms with Gasteiger partial charge < -0.3 is 0 Å². The highest BCUT2D eigenvalue weighted by Gasteiger charge is 2.15. The standard InChI is InChI=1S/C16H13BrClFN2/c1-9-3-4-14(10(2)5-9)21-15-7-12(19)11(17)6-13(15)20-16(21)8-18/h3-7H,8H2,1-2H3. The van der Waals surface area contributed by atoms with Crippen molar-refractivity contribution in [1.82, 2.24) is 9.55 Å². The van der Waals surface area contributed by atoms with Crippen LogP contribution in [0.5, 0.6) is 0 Å². The Balaban J connectivity index is 2.37. The van der Waals surface area contributed by atoms with Crippen LogP contribution >= 0.6 is 27.5 Å². The molecule has 1 aromatic heterocycles. The maximum absolute atomic E-state index is 13.9. The van der Waals surface area contributed by atoms with Crippen molar-refractivity contribution in [2.24, 2.45) is 0 Å². The first-order valence-corrected chi connectivity index (χ1v) is 7.84. The second-order valence-electron chi connectivity index (χ2n) is 5.04. The third kappa shape index (κ3) is 2.47. The lowest BCUT2D eigenvalue weighted by molar-refractivity contribution is 0.622. The molecule has 21 heavy (non-hydrogen) atoms. The minimum Gasteiger partial charge on any atom is -0.295 e. The van der Waals surface area contributed by atoms with E-state index in [-0.39, 0.29) is 11.7 Å². The second-order valence-corrected chi connectivity index (χ2v) is 6.16. The van der Waals surface area contributed by atoms with Crippen LogP contribution in [0.1, 0.15) is 17.0 Å². The van der Waals surface area contributed by atoms with Gasteiger partial charge in [-0.05, 0) is 47.5 Å². The summed E-state index contributed by atoms with van der Waals surface area (Å²) in [5.41, 5.74) is 4.70. The summed E-state index contributed by atoms with van der Waals surface area (Å²) in [7, 11) is 0. The summed E-state index contributed by atoms with van der Waals surface area (Å²) < 4.78 is 16.2. The van der Waals surface area contributed by atoms with E-state index in [1.807, 2.05) is 30.5 Å². The first-order chi connectivity index (χ1) is 10.0. The molecule has 0 amide bonds. The average molecular weight is 368 g/mol. The first-order valence-electron chi connectivity index (χ1n) is 6.51. The molecule has 0 unspecified atom stereocenters. The highest BCUT2D eigenvalue weighted by atomic mass is 79.9. The van der Waals surface area contributed by atoms with Crippen molar-refractivity contribution in [3.63, 3.8) is 0 Å². The van der Waals surface area contributed by atoms with Gasteiger partial charge in [0.15, 0.2) is 0 Å². The maximum Gasteiger partial charge on any atom is 0.139 e. The SMILES string of the molecule is Cc1ccc(-n2c(CCl)nc3cc(Br)c(F)cc32)c(C)c1. The predicted octanol–water partition coefficient (Wildman–Crippen LogP) is 5.28. The van der Waals surface area contributed by atoms with Gasteiger partial charge in [0.25, 0.3) is 0 Å². The number of aryl methyl sites for hydroxylation is 2. The molecule has 0 N–H and O–H groups in total. The highest BCUT2D eigenvalue weighted by Crippen LogP contribution is 2.29. The van der Waals surface area contributed by atoms with Crippen LogP contribution in [0.4, 0.5) is 4.39 Å². The molecule has 2 aromatic carbocycles. The fourth-order valence-electron chi connectivity index (χ4n) is 2.54. The van der Waals surface area contributed by atoms with Gasteiger partial charge in [-0.2, -0.15) is 0 Å². The van der Waals surface area contributed by atoms with Gasteiger partial charge in [-0.15, -0.1) is 11.6 Å². The average Bonchev–Trinajstić information content (AvgIpc) is 2.77. The number of hydrogen-bond donors (Lipinski definition) is 0. The lowest BCUT2D eigenvalue weighted by Gasteiger charge is -2.12. The second kappa shape index (κ2) is 5.43. The summed E-state index contributed by atoms with van der Waals surface area (Å²) in [6.07, 6.45) is 0. The molecule has 0 bridgehead atoms. The number of benzene rings is 2. The Morgan fingerprint density at radius 1 is 1.24 bits per heavy atom. The largest absolute Gasteiger partial charge is 0.295 e. The minimum atomic E-state index is -0.311. The Bertz CT molecular complexity index is 842. The van der Waals surface area contributed by atoms with E-state index < -0.39 is 0 Å². The van der Waals surface area contributed by atoms with Crippen LogP contribution in [-0.4, -0.2) is 9.55 Å². The Kier molecular flexibility index (Phi) is 3.76. The molecule has 0 fully saturated rings. The summed E-state index contributed by atoms with van der Waals surface area (Å²) in [5, 5.41) is 0. The molecule has 0 saturated heterocycles. The summed E-state index contributed by atoms with van der Waals surface area (Å²) >= 11 is 9.22. The predicted molar refractivity (Wildman–Crippen MR) is 87.8 cm³/mol. The van der Waals surface area contributed by atoms with Gasteiger partial charge in [-0.3, -0.25) is 4.57 Å². The van der Waals surface area contributed by atoms with Crippen molar-refractivity contribution >= 4 is 38.6 Å². The molecule has 1 heterocycles. The minimum absolute atomic E-state index is 0.265. The number of halogens is 3. The lowest BCUT2D eigenvalue weighted by atomic mass is 10.1. The zero-order valence-electron chi connectivity index (χ0n) is 11.6. The maximum atomic E-state index is 13.9. The van der Waals surface area contributed by atoms with Crippen molar-refractivity contribution in [2.75, 3.05) is 0 Å². The molecule has 0 aliphatic rings. The summed E-state index contributed by atoms with van der Waals surface area (Å²) in [4.78, 5) is 4.51. The van der Waals surface area contributed by atoms with Gasteiger partial charge in [0.2, 0.25) is 0 Å². The van der Waals surface area contributed by atoms with Crippen molar-refractivity contribution in [3.8, 4) is 5.69 Å². The van der Waals surface area contributed by atoms with Gasteiger partial charge in [-0.25, -0.2) is 9.37 Å². The van der Waals surface area contributed by atoms with E-state index in [1.165, 1.54) is 11.6 Å². The molecular formula is C16H13BrClFN2. The van der Waals surface area contributed by atoms with E-state index >= 15 is 0 Å². The van der Waals surface area contributed by atoms with Crippen molar-refractivity contribution in [1.29, 1.82) is 0 Å². The molecule has 3 rings (SSSR count). The number of fused-ring (bicyclic) bond motifs is 1. The summed E-state index contributed by atoms with van der Waals surface area (Å²) in [6, 6.07) is 9.31. The van der Waals surface area contributed by atoms with Crippen LogP contribution < -0.4 is 0 Å². The van der Waals surface area contributed by atoms with Crippen LogP contribution in [0.3, 0.4) is 0 Å². The van der Waals surface area contributed by atoms with Gasteiger partial charge in [-0.1, -0.05) is 17.7 Å². The number of hydrogen-bond acceptors (Lipinski definition) is 1. The summed E-state index contributed by atoms with van der Waals surface area (Å²) in [5.74, 6) is 0.659. The van der Waals surface area contributed by atoms with E-state index in [4.69, 9.17) is 11.6 Å². The van der Waals surface area contributed by atoms with E-state index in [0.717, 1.165) is 22.3 Å². The smallest absolute Gasteiger partial charge is 0.139 e. The molecule has 0 saturated carbocycles. The molecule has 0 aliphatic carbocycles. The number of rotatable bonds is 2. The Labute approximate surface area is 135 Å². The van der Waals surface area contributed by atoms with Crippen LogP contribution in [0.25, 0.3) is 16.7 Å². The summed E-state index contributed by atoms with van der Waals surface area (Å²) in [6.45, 7) is 4.07. The zero-order valence-corrected chi connectivity index (χ0v) is 14.0. The monoisotopic (exact) mass is 366 g/mol. The Hall–Kier alpha value is -1.39. The first kappa shape index (κ1) is 14.5.